The molecule has 7 nitrogen and oxygen atoms in total. The lowest BCUT2D eigenvalue weighted by atomic mass is 10.0. The van der Waals surface area contributed by atoms with E-state index < -0.39 is 10.0 Å². The van der Waals surface area contributed by atoms with Crippen LogP contribution in [0.2, 0.25) is 0 Å². The summed E-state index contributed by atoms with van der Waals surface area (Å²) in [5.74, 6) is 0.475. The summed E-state index contributed by atoms with van der Waals surface area (Å²) in [5, 5.41) is 0. The van der Waals surface area contributed by atoms with E-state index in [1.807, 2.05) is 60.9 Å². The highest BCUT2D eigenvalue weighted by atomic mass is 32.2. The van der Waals surface area contributed by atoms with Crippen LogP contribution in [0.15, 0.2) is 30.3 Å². The van der Waals surface area contributed by atoms with Crippen LogP contribution in [0.3, 0.4) is 0 Å². The molecule has 1 aliphatic carbocycles. The van der Waals surface area contributed by atoms with Gasteiger partial charge in [0.15, 0.2) is 0 Å². The van der Waals surface area contributed by atoms with Crippen LogP contribution in [0.4, 0.5) is 0 Å². The molecule has 184 valence electrons. The monoisotopic (exact) mass is 477 g/mol. The molecule has 0 spiro atoms. The first-order valence-corrected chi connectivity index (χ1v) is 13.9. The van der Waals surface area contributed by atoms with Crippen molar-refractivity contribution in [1.82, 2.24) is 14.1 Å². The molecule has 1 aromatic carbocycles. The van der Waals surface area contributed by atoms with Gasteiger partial charge in [-0.2, -0.15) is 4.31 Å². The highest BCUT2D eigenvalue weighted by Crippen LogP contribution is 2.32. The third-order valence-corrected chi connectivity index (χ3v) is 8.38. The molecule has 2 aliphatic rings. The second-order valence-corrected chi connectivity index (χ2v) is 11.9. The van der Waals surface area contributed by atoms with Crippen LogP contribution < -0.4 is 0 Å². The quantitative estimate of drug-likeness (QED) is 0.491. The van der Waals surface area contributed by atoms with Gasteiger partial charge >= 0.3 is 0 Å². The van der Waals surface area contributed by atoms with Crippen molar-refractivity contribution in [2.75, 3.05) is 31.9 Å². The van der Waals surface area contributed by atoms with Crippen LogP contribution in [0.1, 0.15) is 58.4 Å². The number of sulfonamides is 1. The van der Waals surface area contributed by atoms with E-state index in [-0.39, 0.29) is 42.0 Å². The van der Waals surface area contributed by atoms with Gasteiger partial charge in [0.2, 0.25) is 21.8 Å². The van der Waals surface area contributed by atoms with E-state index in [0.29, 0.717) is 32.6 Å². The van der Waals surface area contributed by atoms with Crippen LogP contribution in [-0.4, -0.2) is 72.3 Å². The SMILES string of the molecule is CCCS(=O)(=O)N(CC(=O)N(Cc1ccccc1)C1CCN(C(=O)C2CC2)CC1)CC(C)C. The van der Waals surface area contributed by atoms with Crippen molar-refractivity contribution in [3.63, 3.8) is 0 Å². The maximum Gasteiger partial charge on any atom is 0.238 e. The fourth-order valence-corrected chi connectivity index (χ4v) is 6.11. The standard InChI is InChI=1S/C25H39N3O4S/c1-4-16-33(31,32)27(17-20(2)3)19-24(29)28(18-21-8-6-5-7-9-21)23-12-14-26(15-13-23)25(30)22-10-11-22/h5-9,20,22-23H,4,10-19H2,1-3H3. The molecular weight excluding hydrogens is 438 g/mol. The van der Waals surface area contributed by atoms with E-state index in [1.54, 1.807) is 0 Å². The summed E-state index contributed by atoms with van der Waals surface area (Å²) in [7, 11) is -3.49. The summed E-state index contributed by atoms with van der Waals surface area (Å²) in [6.07, 6.45) is 3.96. The Morgan fingerprint density at radius 3 is 2.24 bits per heavy atom. The van der Waals surface area contributed by atoms with Gasteiger partial charge in [0, 0.05) is 38.1 Å². The van der Waals surface area contributed by atoms with E-state index in [0.717, 1.165) is 31.2 Å². The van der Waals surface area contributed by atoms with Crippen LogP contribution in [0, 0.1) is 11.8 Å². The summed E-state index contributed by atoms with van der Waals surface area (Å²) in [4.78, 5) is 29.8. The third kappa shape index (κ3) is 7.27. The molecule has 33 heavy (non-hydrogen) atoms. The largest absolute Gasteiger partial charge is 0.342 e. The van der Waals surface area contributed by atoms with E-state index in [9.17, 15) is 18.0 Å². The number of piperidine rings is 1. The number of amides is 2. The van der Waals surface area contributed by atoms with Gasteiger partial charge in [0.05, 0.1) is 12.3 Å². The summed E-state index contributed by atoms with van der Waals surface area (Å²) in [6.45, 7) is 7.73. The Morgan fingerprint density at radius 2 is 1.70 bits per heavy atom. The fourth-order valence-electron chi connectivity index (χ4n) is 4.50. The Kier molecular flexibility index (Phi) is 8.93. The molecule has 2 amide bonds. The number of hydrogen-bond donors (Lipinski definition) is 0. The van der Waals surface area contributed by atoms with Crippen molar-refractivity contribution in [3.8, 4) is 0 Å². The first-order valence-electron chi connectivity index (χ1n) is 12.3. The van der Waals surface area contributed by atoms with Crippen LogP contribution in [0.5, 0.6) is 0 Å². The molecule has 8 heteroatoms. The average Bonchev–Trinajstić information content (AvgIpc) is 3.62. The Balaban J connectivity index is 1.75. The topological polar surface area (TPSA) is 78.0 Å². The van der Waals surface area contributed by atoms with Gasteiger partial charge in [0.25, 0.3) is 0 Å². The molecule has 0 aromatic heterocycles. The predicted molar refractivity (Wildman–Crippen MR) is 130 cm³/mol. The average molecular weight is 478 g/mol. The third-order valence-electron chi connectivity index (χ3n) is 6.40. The van der Waals surface area contributed by atoms with Crippen LogP contribution in [0.25, 0.3) is 0 Å². The number of carbonyl (C=O) groups is 2. The van der Waals surface area contributed by atoms with Crippen molar-refractivity contribution in [1.29, 1.82) is 0 Å². The highest BCUT2D eigenvalue weighted by molar-refractivity contribution is 7.89. The minimum atomic E-state index is -3.49. The smallest absolute Gasteiger partial charge is 0.238 e. The number of hydrogen-bond acceptors (Lipinski definition) is 4. The Morgan fingerprint density at radius 1 is 1.06 bits per heavy atom. The lowest BCUT2D eigenvalue weighted by molar-refractivity contribution is -0.138. The molecule has 0 radical (unpaired) electrons. The van der Waals surface area contributed by atoms with Gasteiger partial charge in [-0.25, -0.2) is 8.42 Å². The van der Waals surface area contributed by atoms with Crippen LogP contribution >= 0.6 is 0 Å². The second-order valence-electron chi connectivity index (χ2n) is 9.84. The molecule has 2 fully saturated rings. The Bertz CT molecular complexity index is 891. The first-order chi connectivity index (χ1) is 15.7. The van der Waals surface area contributed by atoms with E-state index in [1.165, 1.54) is 4.31 Å². The summed E-state index contributed by atoms with van der Waals surface area (Å²) < 4.78 is 27.1. The number of nitrogens with zero attached hydrogens (tertiary/aromatic N) is 3. The number of likely N-dealkylation sites (tertiary alicyclic amines) is 1. The zero-order valence-corrected chi connectivity index (χ0v) is 21.1. The van der Waals surface area contributed by atoms with Crippen molar-refractivity contribution in [2.45, 2.75) is 65.5 Å². The molecule has 0 N–H and O–H groups in total. The zero-order chi connectivity index (χ0) is 24.0. The second kappa shape index (κ2) is 11.5. The normalized spacial score (nSPS) is 17.5. The summed E-state index contributed by atoms with van der Waals surface area (Å²) in [5.41, 5.74) is 1.02. The molecule has 1 saturated carbocycles. The molecular formula is C25H39N3O4S. The highest BCUT2D eigenvalue weighted by Gasteiger charge is 2.37. The van der Waals surface area contributed by atoms with Gasteiger partial charge in [-0.1, -0.05) is 51.1 Å². The molecule has 0 bridgehead atoms. The Labute approximate surface area is 199 Å². The van der Waals surface area contributed by atoms with Gasteiger partial charge in [-0.3, -0.25) is 9.59 Å². The van der Waals surface area contributed by atoms with Crippen molar-refractivity contribution in [3.05, 3.63) is 35.9 Å². The van der Waals surface area contributed by atoms with E-state index >= 15 is 0 Å². The minimum absolute atomic E-state index is 0.00395. The van der Waals surface area contributed by atoms with Crippen LogP contribution in [-0.2, 0) is 26.2 Å². The molecule has 0 unspecified atom stereocenters. The molecule has 1 aromatic rings. The molecule has 0 atom stereocenters. The number of carbonyl (C=O) groups excluding carboxylic acids is 2. The van der Waals surface area contributed by atoms with Crippen molar-refractivity contribution in [2.24, 2.45) is 11.8 Å². The summed E-state index contributed by atoms with van der Waals surface area (Å²) in [6, 6.07) is 9.82. The molecule has 1 saturated heterocycles. The van der Waals surface area contributed by atoms with Gasteiger partial charge in [0.1, 0.15) is 0 Å². The fraction of sp³-hybridized carbons (Fsp3) is 0.680. The van der Waals surface area contributed by atoms with Crippen molar-refractivity contribution < 1.29 is 18.0 Å². The van der Waals surface area contributed by atoms with Gasteiger partial charge < -0.3 is 9.80 Å². The predicted octanol–water partition coefficient (Wildman–Crippen LogP) is 3.11. The number of rotatable bonds is 11. The summed E-state index contributed by atoms with van der Waals surface area (Å²) >= 11 is 0. The van der Waals surface area contributed by atoms with E-state index in [2.05, 4.69) is 0 Å². The molecule has 1 heterocycles. The van der Waals surface area contributed by atoms with Crippen molar-refractivity contribution >= 4 is 21.8 Å². The zero-order valence-electron chi connectivity index (χ0n) is 20.3. The molecule has 3 rings (SSSR count). The lowest BCUT2D eigenvalue weighted by Gasteiger charge is -2.39. The molecule has 1 aliphatic heterocycles. The maximum absolute atomic E-state index is 13.6. The number of benzene rings is 1. The minimum Gasteiger partial charge on any atom is -0.342 e. The Hall–Kier alpha value is -1.93. The van der Waals surface area contributed by atoms with Gasteiger partial charge in [-0.05, 0) is 43.6 Å². The maximum atomic E-state index is 13.6. The lowest BCUT2D eigenvalue weighted by Crippen LogP contribution is -2.52. The van der Waals surface area contributed by atoms with E-state index in [4.69, 9.17) is 0 Å². The first kappa shape index (κ1) is 25.7. The van der Waals surface area contributed by atoms with Gasteiger partial charge in [-0.15, -0.1) is 0 Å².